The number of likely N-dealkylation sites (N-methyl/N-ethyl adjacent to an activating group) is 1. The number of carbonyl (C=O) groups excluding carboxylic acids is 2. The van der Waals surface area contributed by atoms with Crippen molar-refractivity contribution >= 4 is 61.0 Å². The summed E-state index contributed by atoms with van der Waals surface area (Å²) in [4.78, 5) is 48.1. The first-order valence-corrected chi connectivity index (χ1v) is 22.5. The van der Waals surface area contributed by atoms with E-state index in [1.54, 1.807) is 34.0 Å². The molecular weight excluding hydrogens is 824 g/mol. The lowest BCUT2D eigenvalue weighted by Crippen LogP contribution is -2.38. The lowest BCUT2D eigenvalue weighted by atomic mass is 9.80. The number of aliphatic imine (C=N–C) groups is 2. The molecule has 0 aromatic carbocycles. The van der Waals surface area contributed by atoms with Crippen molar-refractivity contribution in [1.82, 2.24) is 15.0 Å². The van der Waals surface area contributed by atoms with Crippen molar-refractivity contribution in [2.45, 2.75) is 71.8 Å². The van der Waals surface area contributed by atoms with E-state index in [-0.39, 0.29) is 25.9 Å². The summed E-state index contributed by atoms with van der Waals surface area (Å²) in [6.07, 6.45) is 15.1. The Morgan fingerprint density at radius 2 is 1.66 bits per heavy atom. The molecule has 19 heteroatoms. The number of rotatable bonds is 15. The van der Waals surface area contributed by atoms with Gasteiger partial charge in [0.25, 0.3) is 21.9 Å². The lowest BCUT2D eigenvalue weighted by Gasteiger charge is -2.31. The van der Waals surface area contributed by atoms with Gasteiger partial charge in [-0.05, 0) is 86.4 Å². The molecule has 1 N–H and O–H groups in total. The molecule has 5 rings (SSSR count). The molecule has 1 aliphatic carbocycles. The van der Waals surface area contributed by atoms with E-state index < -0.39 is 54.4 Å². The second kappa shape index (κ2) is 17.7. The van der Waals surface area contributed by atoms with Gasteiger partial charge < -0.3 is 9.45 Å². The summed E-state index contributed by atoms with van der Waals surface area (Å²) in [5.41, 5.74) is 4.03. The van der Waals surface area contributed by atoms with Gasteiger partial charge in [-0.25, -0.2) is 28.1 Å². The van der Waals surface area contributed by atoms with Crippen molar-refractivity contribution in [3.05, 3.63) is 93.0 Å². The second-order valence-electron chi connectivity index (χ2n) is 15.7. The first-order valence-electron chi connectivity index (χ1n) is 19.0. The molecule has 0 spiro atoms. The number of allylic oxidation sites excluding steroid dienone is 8. The van der Waals surface area contributed by atoms with Gasteiger partial charge in [-0.2, -0.15) is 8.42 Å². The Balaban J connectivity index is 1.45. The van der Waals surface area contributed by atoms with Crippen LogP contribution in [0.4, 0.5) is 5.82 Å². The van der Waals surface area contributed by atoms with E-state index in [2.05, 4.69) is 0 Å². The maximum absolute atomic E-state index is 13.2. The number of hydroxylamine groups is 4. The van der Waals surface area contributed by atoms with Gasteiger partial charge in [-0.15, -0.1) is 0 Å². The van der Waals surface area contributed by atoms with E-state index in [1.807, 2.05) is 52.0 Å². The smallest absolute Gasteiger partial charge is 0.327 e. The highest BCUT2D eigenvalue weighted by atomic mass is 35.5. The molecule has 0 atom stereocenters. The highest BCUT2D eigenvalue weighted by molar-refractivity contribution is 7.85. The van der Waals surface area contributed by atoms with Crippen molar-refractivity contribution < 1.29 is 49.8 Å². The zero-order chi connectivity index (χ0) is 43.7. The van der Waals surface area contributed by atoms with Crippen LogP contribution >= 0.6 is 11.6 Å². The van der Waals surface area contributed by atoms with Crippen molar-refractivity contribution in [3.63, 3.8) is 0 Å². The molecule has 3 aliphatic heterocycles. The summed E-state index contributed by atoms with van der Waals surface area (Å²) >= 11 is 7.08. The van der Waals surface area contributed by atoms with Crippen molar-refractivity contribution in [1.29, 1.82) is 0 Å². The summed E-state index contributed by atoms with van der Waals surface area (Å²) < 4.78 is 68.1. The Kier molecular flexibility index (Phi) is 13.8. The standard InChI is InChI=1S/C40H51ClN6O10S2/c1-39(2)30-22-28(37(48)44(5)56-7)24-46(18-10-20-58(50,51)52)35(30)42-32(39)16-14-26-12-9-13-27(34(26)41)15-17-33-40(3,4)31-23-29(38(49)45(6)57-8)25-47(36(31)43-33)19-11-21-59(53,54)55/h14-17,22-25H,9-13,18-21H2,1-8H3,(H-,50,51,52,53,54,55). The van der Waals surface area contributed by atoms with Gasteiger partial charge in [0, 0.05) is 48.6 Å². The van der Waals surface area contributed by atoms with Crippen molar-refractivity contribution in [2.75, 3.05) is 46.4 Å². The number of nitrogens with zero attached hydrogens (tertiary/aromatic N) is 6. The Morgan fingerprint density at radius 1 is 0.983 bits per heavy atom. The second-order valence-corrected chi connectivity index (χ2v) is 19.1. The molecule has 320 valence electrons. The molecule has 0 saturated carbocycles. The fourth-order valence-corrected chi connectivity index (χ4v) is 8.52. The number of fused-ring (bicyclic) bond motifs is 2. The quantitative estimate of drug-likeness (QED) is 0.144. The van der Waals surface area contributed by atoms with Crippen LogP contribution in [0.25, 0.3) is 0 Å². The topological polar surface area (TPSA) is 202 Å². The van der Waals surface area contributed by atoms with Crippen LogP contribution in [0.5, 0.6) is 0 Å². The predicted molar refractivity (Wildman–Crippen MR) is 222 cm³/mol. The molecule has 0 unspecified atom stereocenters. The first-order chi connectivity index (χ1) is 27.5. The normalized spacial score (nSPS) is 20.1. The van der Waals surface area contributed by atoms with Gasteiger partial charge in [-0.1, -0.05) is 37.6 Å². The predicted octanol–water partition coefficient (Wildman–Crippen LogP) is 4.81. The molecule has 1 aromatic heterocycles. The lowest BCUT2D eigenvalue weighted by molar-refractivity contribution is -0.684. The minimum atomic E-state index is -4.44. The average molecular weight is 875 g/mol. The van der Waals surface area contributed by atoms with Gasteiger partial charge in [0.05, 0.1) is 64.4 Å². The van der Waals surface area contributed by atoms with Crippen LogP contribution in [0.2, 0.25) is 0 Å². The van der Waals surface area contributed by atoms with Crippen LogP contribution < -0.4 is 4.57 Å². The molecule has 0 saturated heterocycles. The number of amidine groups is 1. The fraction of sp³-hybridized carbons (Fsp3) is 0.475. The summed E-state index contributed by atoms with van der Waals surface area (Å²) in [5, 5.41) is 2.78. The summed E-state index contributed by atoms with van der Waals surface area (Å²) in [6, 6.07) is 1.76. The van der Waals surface area contributed by atoms with Crippen molar-refractivity contribution in [2.24, 2.45) is 15.4 Å². The third-order valence-electron chi connectivity index (χ3n) is 10.8. The number of pyridine rings is 1. The van der Waals surface area contributed by atoms with E-state index in [0.717, 1.165) is 38.8 Å². The SMILES string of the molecule is CON(C)C(=O)C1=CN(CCCS(=O)(=O)O)C2=N/C(=C/C=C3\CCCC(/C=C/C4=Nc5c(cc(C(=O)N(C)OC)c[n+]5CCCS(=O)(=O)[O-])C4(C)C)=C3Cl)C(C)(C)C2=C1. The molecule has 2 amide bonds. The number of aryl methyl sites for hydroxylation is 1. The largest absolute Gasteiger partial charge is 0.748 e. The maximum atomic E-state index is 13.2. The van der Waals surface area contributed by atoms with Crippen LogP contribution in [-0.2, 0) is 46.7 Å². The average Bonchev–Trinajstić information content (AvgIpc) is 3.58. The van der Waals surface area contributed by atoms with Gasteiger partial charge in [0.2, 0.25) is 0 Å². The maximum Gasteiger partial charge on any atom is 0.327 e. The minimum absolute atomic E-state index is 0.0376. The van der Waals surface area contributed by atoms with Crippen LogP contribution in [-0.4, -0.2) is 111 Å². The van der Waals surface area contributed by atoms with Crippen LogP contribution in [0.15, 0.2) is 91.8 Å². The number of carbonyl (C=O) groups is 2. The molecule has 16 nitrogen and oxygen atoms in total. The Hall–Kier alpha value is -4.30. The zero-order valence-electron chi connectivity index (χ0n) is 34.5. The van der Waals surface area contributed by atoms with E-state index in [4.69, 9.17) is 31.3 Å². The highest BCUT2D eigenvalue weighted by Gasteiger charge is 2.44. The Labute approximate surface area is 351 Å². The third-order valence-corrected chi connectivity index (χ3v) is 12.9. The fourth-order valence-electron chi connectivity index (χ4n) is 7.23. The number of aromatic nitrogens is 1. The van der Waals surface area contributed by atoms with Gasteiger partial charge in [0.1, 0.15) is 12.0 Å². The van der Waals surface area contributed by atoms with Gasteiger partial charge >= 0.3 is 5.82 Å². The van der Waals surface area contributed by atoms with Gasteiger partial charge in [0.15, 0.2) is 5.71 Å². The van der Waals surface area contributed by atoms with Crippen LogP contribution in [0, 0.1) is 5.41 Å². The monoisotopic (exact) mass is 874 g/mol. The summed E-state index contributed by atoms with van der Waals surface area (Å²) in [7, 11) is -2.89. The molecule has 4 heterocycles. The van der Waals surface area contributed by atoms with Crippen molar-refractivity contribution in [3.8, 4) is 0 Å². The third kappa shape index (κ3) is 10.4. The van der Waals surface area contributed by atoms with E-state index in [1.165, 1.54) is 28.3 Å². The molecule has 0 radical (unpaired) electrons. The van der Waals surface area contributed by atoms with Crippen LogP contribution in [0.1, 0.15) is 75.7 Å². The number of hydrogen-bond donors (Lipinski definition) is 1. The number of hydrogen-bond acceptors (Lipinski definition) is 12. The molecular formula is C40H51ClN6O10S2. The Bertz CT molecular complexity index is 2390. The molecule has 1 aromatic rings. The van der Waals surface area contributed by atoms with E-state index >= 15 is 0 Å². The summed E-state index contributed by atoms with van der Waals surface area (Å²) in [5.74, 6) is -0.689. The molecule has 59 heavy (non-hydrogen) atoms. The number of halogens is 1. The van der Waals surface area contributed by atoms with Crippen LogP contribution in [0.3, 0.4) is 0 Å². The Morgan fingerprint density at radius 3 is 2.31 bits per heavy atom. The van der Waals surface area contributed by atoms with E-state index in [9.17, 15) is 35.5 Å². The zero-order valence-corrected chi connectivity index (χ0v) is 36.9. The molecule has 0 fully saturated rings. The van der Waals surface area contributed by atoms with Gasteiger partial charge in [-0.3, -0.25) is 23.8 Å². The number of amides is 2. The molecule has 0 bridgehead atoms. The summed E-state index contributed by atoms with van der Waals surface area (Å²) in [6.45, 7) is 8.27. The molecule has 4 aliphatic rings. The minimum Gasteiger partial charge on any atom is -0.748 e. The highest BCUT2D eigenvalue weighted by Crippen LogP contribution is 2.46. The van der Waals surface area contributed by atoms with E-state index in [0.29, 0.717) is 52.1 Å². The first kappa shape index (κ1) is 45.8.